The van der Waals surface area contributed by atoms with Crippen LogP contribution in [0, 0.1) is 0 Å². The number of aliphatic carboxylic acids is 1. The number of rotatable bonds is 4. The fraction of sp³-hybridized carbons (Fsp3) is 0.300. The van der Waals surface area contributed by atoms with Gasteiger partial charge < -0.3 is 20.6 Å². The van der Waals surface area contributed by atoms with E-state index in [-0.39, 0.29) is 18.0 Å². The average Bonchev–Trinajstić information content (AvgIpc) is 2.19. The number of carbonyl (C=O) groups is 1. The van der Waals surface area contributed by atoms with Gasteiger partial charge in [-0.05, 0) is 13.0 Å². The van der Waals surface area contributed by atoms with E-state index in [2.05, 4.69) is 5.32 Å². The maximum Gasteiger partial charge on any atom is 0.320 e. The lowest BCUT2D eigenvalue weighted by atomic mass is 10.1. The standard InChI is InChI=1S/C10H13NO4/c1-6(10(14)15)11-5-7-3-2-4-8(12)9(7)13/h2-4,6,11-13H,5H2,1H3,(H,14,15). The molecule has 1 unspecified atom stereocenters. The molecular weight excluding hydrogens is 198 g/mol. The van der Waals surface area contributed by atoms with Gasteiger partial charge in [0.1, 0.15) is 6.04 Å². The number of phenols is 2. The Morgan fingerprint density at radius 3 is 2.73 bits per heavy atom. The Hall–Kier alpha value is -1.75. The first-order valence-electron chi connectivity index (χ1n) is 4.48. The quantitative estimate of drug-likeness (QED) is 0.549. The smallest absolute Gasteiger partial charge is 0.320 e. The summed E-state index contributed by atoms with van der Waals surface area (Å²) in [6.45, 7) is 1.69. The van der Waals surface area contributed by atoms with Gasteiger partial charge in [0.25, 0.3) is 0 Å². The molecule has 0 saturated carbocycles. The number of hydrogen-bond acceptors (Lipinski definition) is 4. The molecule has 15 heavy (non-hydrogen) atoms. The van der Waals surface area contributed by atoms with E-state index in [4.69, 9.17) is 5.11 Å². The number of para-hydroxylation sites is 1. The first-order chi connectivity index (χ1) is 7.02. The van der Waals surface area contributed by atoms with Crippen LogP contribution >= 0.6 is 0 Å². The molecule has 0 aromatic heterocycles. The number of phenolic OH excluding ortho intramolecular Hbond substituents is 2. The van der Waals surface area contributed by atoms with E-state index in [1.165, 1.54) is 13.0 Å². The van der Waals surface area contributed by atoms with Crippen molar-refractivity contribution in [3.63, 3.8) is 0 Å². The zero-order chi connectivity index (χ0) is 11.4. The normalized spacial score (nSPS) is 12.3. The van der Waals surface area contributed by atoms with Gasteiger partial charge >= 0.3 is 5.97 Å². The summed E-state index contributed by atoms with van der Waals surface area (Å²) in [7, 11) is 0. The van der Waals surface area contributed by atoms with E-state index < -0.39 is 12.0 Å². The number of nitrogens with one attached hydrogen (secondary N) is 1. The van der Waals surface area contributed by atoms with E-state index in [1.807, 2.05) is 0 Å². The van der Waals surface area contributed by atoms with Gasteiger partial charge in [-0.3, -0.25) is 4.79 Å². The van der Waals surface area contributed by atoms with E-state index in [0.29, 0.717) is 5.56 Å². The summed E-state index contributed by atoms with van der Waals surface area (Å²) in [6.07, 6.45) is 0. The molecule has 0 fully saturated rings. The minimum atomic E-state index is -0.963. The van der Waals surface area contributed by atoms with E-state index in [9.17, 15) is 15.0 Å². The molecule has 0 aliphatic rings. The molecule has 0 radical (unpaired) electrons. The molecule has 0 spiro atoms. The summed E-state index contributed by atoms with van der Waals surface area (Å²) in [5.41, 5.74) is 0.461. The highest BCUT2D eigenvalue weighted by molar-refractivity contribution is 5.72. The predicted molar refractivity (Wildman–Crippen MR) is 53.7 cm³/mol. The van der Waals surface area contributed by atoms with Gasteiger partial charge in [0.05, 0.1) is 0 Å². The second-order valence-electron chi connectivity index (χ2n) is 3.23. The lowest BCUT2D eigenvalue weighted by Gasteiger charge is -2.10. The molecular formula is C10H13NO4. The Labute approximate surface area is 87.0 Å². The number of hydrogen-bond donors (Lipinski definition) is 4. The molecule has 0 aliphatic carbocycles. The first kappa shape index (κ1) is 11.3. The second kappa shape index (κ2) is 4.65. The Morgan fingerprint density at radius 1 is 1.47 bits per heavy atom. The molecule has 4 N–H and O–H groups in total. The zero-order valence-corrected chi connectivity index (χ0v) is 8.27. The molecule has 5 heteroatoms. The van der Waals surface area contributed by atoms with Crippen LogP contribution in [0.5, 0.6) is 11.5 Å². The Bertz CT molecular complexity index is 364. The molecule has 5 nitrogen and oxygen atoms in total. The maximum atomic E-state index is 10.5. The fourth-order valence-electron chi connectivity index (χ4n) is 1.07. The third kappa shape index (κ3) is 2.85. The van der Waals surface area contributed by atoms with Crippen molar-refractivity contribution in [3.05, 3.63) is 23.8 Å². The third-order valence-electron chi connectivity index (χ3n) is 2.07. The number of carboxylic acids is 1. The van der Waals surface area contributed by atoms with Crippen molar-refractivity contribution in [1.82, 2.24) is 5.32 Å². The third-order valence-corrected chi connectivity index (χ3v) is 2.07. The van der Waals surface area contributed by atoms with Crippen LogP contribution < -0.4 is 5.32 Å². The first-order valence-corrected chi connectivity index (χ1v) is 4.48. The van der Waals surface area contributed by atoms with Gasteiger partial charge in [0, 0.05) is 12.1 Å². The summed E-state index contributed by atoms with van der Waals surface area (Å²) in [4.78, 5) is 10.5. The summed E-state index contributed by atoms with van der Waals surface area (Å²) >= 11 is 0. The van der Waals surface area contributed by atoms with E-state index in [0.717, 1.165) is 0 Å². The second-order valence-corrected chi connectivity index (χ2v) is 3.23. The highest BCUT2D eigenvalue weighted by Gasteiger charge is 2.11. The van der Waals surface area contributed by atoms with Crippen molar-refractivity contribution in [1.29, 1.82) is 0 Å². The SMILES string of the molecule is CC(NCc1cccc(O)c1O)C(=O)O. The van der Waals surface area contributed by atoms with Crippen molar-refractivity contribution in [3.8, 4) is 11.5 Å². The van der Waals surface area contributed by atoms with Gasteiger partial charge in [-0.15, -0.1) is 0 Å². The van der Waals surface area contributed by atoms with Crippen molar-refractivity contribution in [2.75, 3.05) is 0 Å². The molecule has 0 aliphatic heterocycles. The maximum absolute atomic E-state index is 10.5. The lowest BCUT2D eigenvalue weighted by molar-refractivity contribution is -0.139. The summed E-state index contributed by atoms with van der Waals surface area (Å²) < 4.78 is 0. The van der Waals surface area contributed by atoms with Crippen LogP contribution in [-0.2, 0) is 11.3 Å². The number of aromatic hydroxyl groups is 2. The highest BCUT2D eigenvalue weighted by Crippen LogP contribution is 2.27. The molecule has 1 aromatic carbocycles. The van der Waals surface area contributed by atoms with Crippen molar-refractivity contribution in [2.24, 2.45) is 0 Å². The molecule has 0 amide bonds. The van der Waals surface area contributed by atoms with Crippen LogP contribution in [0.1, 0.15) is 12.5 Å². The molecule has 0 saturated heterocycles. The number of carboxylic acid groups (broad SMARTS) is 1. The van der Waals surface area contributed by atoms with Crippen LogP contribution in [-0.4, -0.2) is 27.3 Å². The number of benzene rings is 1. The molecule has 0 heterocycles. The Balaban J connectivity index is 2.66. The van der Waals surface area contributed by atoms with Gasteiger partial charge in [0.2, 0.25) is 0 Å². The monoisotopic (exact) mass is 211 g/mol. The predicted octanol–water partition coefficient (Wildman–Crippen LogP) is 0.661. The molecule has 0 bridgehead atoms. The largest absolute Gasteiger partial charge is 0.504 e. The summed E-state index contributed by atoms with van der Waals surface area (Å²) in [6, 6.07) is 3.85. The highest BCUT2D eigenvalue weighted by atomic mass is 16.4. The van der Waals surface area contributed by atoms with Gasteiger partial charge in [-0.2, -0.15) is 0 Å². The van der Waals surface area contributed by atoms with Crippen LogP contribution in [0.15, 0.2) is 18.2 Å². The van der Waals surface area contributed by atoms with Crippen molar-refractivity contribution < 1.29 is 20.1 Å². The minimum Gasteiger partial charge on any atom is -0.504 e. The average molecular weight is 211 g/mol. The molecule has 1 aromatic rings. The van der Waals surface area contributed by atoms with Crippen LogP contribution in [0.2, 0.25) is 0 Å². The topological polar surface area (TPSA) is 89.8 Å². The Morgan fingerprint density at radius 2 is 2.13 bits per heavy atom. The fourth-order valence-corrected chi connectivity index (χ4v) is 1.07. The van der Waals surface area contributed by atoms with Crippen LogP contribution in [0.3, 0.4) is 0 Å². The lowest BCUT2D eigenvalue weighted by Crippen LogP contribution is -2.33. The van der Waals surface area contributed by atoms with Gasteiger partial charge in [0.15, 0.2) is 11.5 Å². The van der Waals surface area contributed by atoms with Gasteiger partial charge in [-0.1, -0.05) is 12.1 Å². The zero-order valence-electron chi connectivity index (χ0n) is 8.27. The summed E-state index contributed by atoms with van der Waals surface area (Å²) in [5, 5.41) is 29.9. The van der Waals surface area contributed by atoms with Gasteiger partial charge in [-0.25, -0.2) is 0 Å². The molecule has 1 atom stereocenters. The van der Waals surface area contributed by atoms with Crippen LogP contribution in [0.4, 0.5) is 0 Å². The van der Waals surface area contributed by atoms with Crippen molar-refractivity contribution >= 4 is 5.97 Å². The molecule has 1 rings (SSSR count). The Kier molecular flexibility index (Phi) is 3.51. The van der Waals surface area contributed by atoms with Crippen molar-refractivity contribution in [2.45, 2.75) is 19.5 Å². The molecule has 82 valence electrons. The van der Waals surface area contributed by atoms with Crippen LogP contribution in [0.25, 0.3) is 0 Å². The summed E-state index contributed by atoms with van der Waals surface area (Å²) in [5.74, 6) is -1.39. The minimum absolute atomic E-state index is 0.188. The van der Waals surface area contributed by atoms with E-state index >= 15 is 0 Å². The van der Waals surface area contributed by atoms with E-state index in [1.54, 1.807) is 12.1 Å².